The fraction of sp³-hybridized carbons (Fsp3) is 0.562. The average Bonchev–Trinajstić information content (AvgIpc) is 2.42. The Morgan fingerprint density at radius 3 is 2.50 bits per heavy atom. The first-order valence-electron chi connectivity index (χ1n) is 7.30. The number of likely N-dealkylation sites (tertiary alicyclic amines) is 1. The standard InChI is InChI=1S/C16H24N2O2/c1-3-14(15(17)19)18-10-8-16(20,9-11-18)13-7-5-4-6-12(13)2/h4-7,14,20H,3,8-11H2,1-2H3,(H2,17,19)/t14-/m0/s1. The maximum Gasteiger partial charge on any atom is 0.234 e. The number of primary amides is 1. The van der Waals surface area contributed by atoms with Crippen molar-refractivity contribution in [3.63, 3.8) is 0 Å². The molecule has 4 nitrogen and oxygen atoms in total. The fourth-order valence-corrected chi connectivity index (χ4v) is 3.21. The van der Waals surface area contributed by atoms with Crippen LogP contribution in [-0.2, 0) is 10.4 Å². The summed E-state index contributed by atoms with van der Waals surface area (Å²) in [6.45, 7) is 5.40. The highest BCUT2D eigenvalue weighted by Crippen LogP contribution is 2.35. The van der Waals surface area contributed by atoms with Crippen molar-refractivity contribution < 1.29 is 9.90 Å². The van der Waals surface area contributed by atoms with Crippen LogP contribution in [0.2, 0.25) is 0 Å². The lowest BCUT2D eigenvalue weighted by molar-refractivity contribution is -0.125. The smallest absolute Gasteiger partial charge is 0.234 e. The molecule has 1 amide bonds. The number of aliphatic hydroxyl groups is 1. The number of hydrogen-bond acceptors (Lipinski definition) is 3. The number of piperidine rings is 1. The molecule has 1 fully saturated rings. The summed E-state index contributed by atoms with van der Waals surface area (Å²) in [6, 6.07) is 7.76. The van der Waals surface area contributed by atoms with Gasteiger partial charge in [0, 0.05) is 13.1 Å². The normalized spacial score (nSPS) is 20.6. The summed E-state index contributed by atoms with van der Waals surface area (Å²) in [7, 11) is 0. The van der Waals surface area contributed by atoms with Crippen molar-refractivity contribution >= 4 is 5.91 Å². The van der Waals surface area contributed by atoms with Gasteiger partial charge >= 0.3 is 0 Å². The Labute approximate surface area is 120 Å². The van der Waals surface area contributed by atoms with E-state index < -0.39 is 5.60 Å². The molecule has 2 rings (SSSR count). The summed E-state index contributed by atoms with van der Waals surface area (Å²) in [5.74, 6) is -0.270. The fourth-order valence-electron chi connectivity index (χ4n) is 3.21. The van der Waals surface area contributed by atoms with Crippen LogP contribution >= 0.6 is 0 Å². The van der Waals surface area contributed by atoms with E-state index in [1.165, 1.54) is 0 Å². The van der Waals surface area contributed by atoms with Gasteiger partial charge in [-0.25, -0.2) is 0 Å². The van der Waals surface area contributed by atoms with Crippen LogP contribution in [0.4, 0.5) is 0 Å². The summed E-state index contributed by atoms with van der Waals surface area (Å²) in [4.78, 5) is 13.5. The molecule has 4 heteroatoms. The highest BCUT2D eigenvalue weighted by Gasteiger charge is 2.37. The van der Waals surface area contributed by atoms with E-state index in [0.717, 1.165) is 17.5 Å². The minimum Gasteiger partial charge on any atom is -0.385 e. The molecule has 1 aliphatic rings. The molecule has 1 aromatic carbocycles. The zero-order valence-electron chi connectivity index (χ0n) is 12.3. The Bertz CT molecular complexity index is 479. The van der Waals surface area contributed by atoms with E-state index in [2.05, 4.69) is 4.90 Å². The molecule has 0 aromatic heterocycles. The number of hydrogen-bond donors (Lipinski definition) is 2. The molecule has 1 atom stereocenters. The lowest BCUT2D eigenvalue weighted by Crippen LogP contribution is -2.51. The molecule has 0 spiro atoms. The minimum atomic E-state index is -0.780. The molecule has 1 saturated heterocycles. The van der Waals surface area contributed by atoms with Crippen LogP contribution in [-0.4, -0.2) is 35.0 Å². The Balaban J connectivity index is 2.10. The van der Waals surface area contributed by atoms with Gasteiger partial charge < -0.3 is 10.8 Å². The molecule has 3 N–H and O–H groups in total. The monoisotopic (exact) mass is 276 g/mol. The SMILES string of the molecule is CC[C@@H](C(N)=O)N1CCC(O)(c2ccccc2C)CC1. The number of benzene rings is 1. The Morgan fingerprint density at radius 1 is 1.40 bits per heavy atom. The van der Waals surface area contributed by atoms with Crippen LogP contribution in [0.25, 0.3) is 0 Å². The molecule has 1 aromatic rings. The quantitative estimate of drug-likeness (QED) is 0.876. The van der Waals surface area contributed by atoms with Gasteiger partial charge in [-0.3, -0.25) is 9.69 Å². The molecular formula is C16H24N2O2. The van der Waals surface area contributed by atoms with Gasteiger partial charge in [-0.15, -0.1) is 0 Å². The molecule has 0 aliphatic carbocycles. The molecule has 0 bridgehead atoms. The third-order valence-corrected chi connectivity index (χ3v) is 4.43. The van der Waals surface area contributed by atoms with Gasteiger partial charge in [0.05, 0.1) is 11.6 Å². The molecule has 0 saturated carbocycles. The van der Waals surface area contributed by atoms with Crippen LogP contribution in [0.15, 0.2) is 24.3 Å². The van der Waals surface area contributed by atoms with Crippen molar-refractivity contribution in [3.8, 4) is 0 Å². The third-order valence-electron chi connectivity index (χ3n) is 4.43. The lowest BCUT2D eigenvalue weighted by Gasteiger charge is -2.41. The van der Waals surface area contributed by atoms with Gasteiger partial charge in [-0.2, -0.15) is 0 Å². The highest BCUT2D eigenvalue weighted by molar-refractivity contribution is 5.79. The second-order valence-electron chi connectivity index (χ2n) is 5.71. The third kappa shape index (κ3) is 2.86. The topological polar surface area (TPSA) is 66.6 Å². The molecule has 1 heterocycles. The number of nitrogens with two attached hydrogens (primary N) is 1. The van der Waals surface area contributed by atoms with E-state index in [-0.39, 0.29) is 11.9 Å². The van der Waals surface area contributed by atoms with Crippen molar-refractivity contribution in [1.29, 1.82) is 0 Å². The number of nitrogens with zero attached hydrogens (tertiary/aromatic N) is 1. The van der Waals surface area contributed by atoms with E-state index in [0.29, 0.717) is 25.9 Å². The van der Waals surface area contributed by atoms with Crippen LogP contribution in [0.3, 0.4) is 0 Å². The van der Waals surface area contributed by atoms with Crippen LogP contribution in [0, 0.1) is 6.92 Å². The largest absolute Gasteiger partial charge is 0.385 e. The summed E-state index contributed by atoms with van der Waals surface area (Å²) >= 11 is 0. The molecular weight excluding hydrogens is 252 g/mol. The zero-order valence-corrected chi connectivity index (χ0v) is 12.3. The Hall–Kier alpha value is -1.39. The van der Waals surface area contributed by atoms with Gasteiger partial charge in [0.1, 0.15) is 0 Å². The maximum atomic E-state index is 11.4. The van der Waals surface area contributed by atoms with Crippen LogP contribution in [0.5, 0.6) is 0 Å². The lowest BCUT2D eigenvalue weighted by atomic mass is 9.82. The van der Waals surface area contributed by atoms with Crippen molar-refractivity contribution in [2.24, 2.45) is 5.73 Å². The molecule has 0 radical (unpaired) electrons. The van der Waals surface area contributed by atoms with Gasteiger partial charge in [-0.1, -0.05) is 31.2 Å². The average molecular weight is 276 g/mol. The predicted octanol–water partition coefficient (Wildman–Crippen LogP) is 1.54. The molecule has 1 aliphatic heterocycles. The number of rotatable bonds is 4. The van der Waals surface area contributed by atoms with E-state index in [1.807, 2.05) is 38.1 Å². The summed E-state index contributed by atoms with van der Waals surface area (Å²) in [6.07, 6.45) is 2.00. The Kier molecular flexibility index (Phi) is 4.45. The highest BCUT2D eigenvalue weighted by atomic mass is 16.3. The van der Waals surface area contributed by atoms with Crippen LogP contribution in [0.1, 0.15) is 37.3 Å². The predicted molar refractivity (Wildman–Crippen MR) is 79.2 cm³/mol. The number of carbonyl (C=O) groups excluding carboxylic acids is 1. The van der Waals surface area contributed by atoms with Crippen molar-refractivity contribution in [3.05, 3.63) is 35.4 Å². The first-order chi connectivity index (χ1) is 9.48. The van der Waals surface area contributed by atoms with E-state index >= 15 is 0 Å². The van der Waals surface area contributed by atoms with Gasteiger partial charge in [0.2, 0.25) is 5.91 Å². The first-order valence-corrected chi connectivity index (χ1v) is 7.30. The summed E-state index contributed by atoms with van der Waals surface area (Å²) in [5, 5.41) is 10.9. The molecule has 110 valence electrons. The zero-order chi connectivity index (χ0) is 14.8. The van der Waals surface area contributed by atoms with Crippen molar-refractivity contribution in [2.75, 3.05) is 13.1 Å². The molecule has 0 unspecified atom stereocenters. The molecule has 20 heavy (non-hydrogen) atoms. The van der Waals surface area contributed by atoms with Gasteiger partial charge in [-0.05, 0) is 37.3 Å². The van der Waals surface area contributed by atoms with Gasteiger partial charge in [0.25, 0.3) is 0 Å². The maximum absolute atomic E-state index is 11.4. The van der Waals surface area contributed by atoms with Gasteiger partial charge in [0.15, 0.2) is 0 Å². The second-order valence-corrected chi connectivity index (χ2v) is 5.71. The second kappa shape index (κ2) is 5.94. The van der Waals surface area contributed by atoms with Crippen molar-refractivity contribution in [2.45, 2.75) is 44.8 Å². The van der Waals surface area contributed by atoms with Crippen LogP contribution < -0.4 is 5.73 Å². The first kappa shape index (κ1) is 15.0. The summed E-state index contributed by atoms with van der Waals surface area (Å²) < 4.78 is 0. The van der Waals surface area contributed by atoms with E-state index in [4.69, 9.17) is 5.73 Å². The Morgan fingerprint density at radius 2 is 2.00 bits per heavy atom. The van der Waals surface area contributed by atoms with Crippen molar-refractivity contribution in [1.82, 2.24) is 4.90 Å². The number of amides is 1. The minimum absolute atomic E-state index is 0.212. The number of carbonyl (C=O) groups is 1. The summed E-state index contributed by atoms with van der Waals surface area (Å²) in [5.41, 5.74) is 6.78. The van der Waals surface area contributed by atoms with E-state index in [9.17, 15) is 9.90 Å². The van der Waals surface area contributed by atoms with E-state index in [1.54, 1.807) is 0 Å². The number of aryl methyl sites for hydroxylation is 1.